The van der Waals surface area contributed by atoms with Gasteiger partial charge in [-0.2, -0.15) is 0 Å². The summed E-state index contributed by atoms with van der Waals surface area (Å²) in [5, 5.41) is 12.3. The number of aryl methyl sites for hydroxylation is 1. The van der Waals surface area contributed by atoms with Crippen molar-refractivity contribution in [2.45, 2.75) is 13.2 Å². The first-order chi connectivity index (χ1) is 5.29. The number of hydrogen-bond donors (Lipinski definition) is 3. The van der Waals surface area contributed by atoms with Gasteiger partial charge in [-0.15, -0.1) is 0 Å². The minimum atomic E-state index is -0.554. The molecule has 0 saturated heterocycles. The standard InChI is InChI=1S/C8H10N2O/c1-5-4-10-6-2-3-9-8(11)7(5)6/h2-4,8-11H,1H3. The minimum absolute atomic E-state index is 0.554. The molecule has 0 amide bonds. The number of aliphatic hydroxyl groups excluding tert-OH is 1. The molecule has 0 aromatic carbocycles. The van der Waals surface area contributed by atoms with Crippen LogP contribution < -0.4 is 5.32 Å². The molecule has 3 N–H and O–H groups in total. The lowest BCUT2D eigenvalue weighted by atomic mass is 10.1. The highest BCUT2D eigenvalue weighted by Crippen LogP contribution is 2.23. The molecular formula is C8H10N2O. The highest BCUT2D eigenvalue weighted by Gasteiger charge is 2.16. The van der Waals surface area contributed by atoms with E-state index in [4.69, 9.17) is 0 Å². The number of aromatic nitrogens is 1. The lowest BCUT2D eigenvalue weighted by Gasteiger charge is -2.15. The van der Waals surface area contributed by atoms with Crippen LogP contribution in [0.5, 0.6) is 0 Å². The van der Waals surface area contributed by atoms with Crippen molar-refractivity contribution in [3.63, 3.8) is 0 Å². The second kappa shape index (κ2) is 2.13. The van der Waals surface area contributed by atoms with Gasteiger partial charge in [0, 0.05) is 23.7 Å². The lowest BCUT2D eigenvalue weighted by molar-refractivity contribution is 0.154. The van der Waals surface area contributed by atoms with Crippen LogP contribution in [0.15, 0.2) is 12.4 Å². The molecule has 3 heteroatoms. The van der Waals surface area contributed by atoms with Gasteiger partial charge in [-0.3, -0.25) is 0 Å². The zero-order chi connectivity index (χ0) is 7.84. The number of rotatable bonds is 0. The first kappa shape index (κ1) is 6.49. The smallest absolute Gasteiger partial charge is 0.152 e. The summed E-state index contributed by atoms with van der Waals surface area (Å²) in [4.78, 5) is 3.07. The molecule has 2 rings (SSSR count). The van der Waals surface area contributed by atoms with Crippen LogP contribution in [0.25, 0.3) is 6.08 Å². The SMILES string of the molecule is Cc1c[nH]c2c1C(O)NC=C2. The largest absolute Gasteiger partial charge is 0.369 e. The molecule has 2 heterocycles. The van der Waals surface area contributed by atoms with Crippen LogP contribution in [0.3, 0.4) is 0 Å². The van der Waals surface area contributed by atoms with E-state index in [1.807, 2.05) is 19.2 Å². The molecule has 0 bridgehead atoms. The fourth-order valence-corrected chi connectivity index (χ4v) is 1.36. The number of H-pyrrole nitrogens is 1. The molecule has 11 heavy (non-hydrogen) atoms. The molecule has 1 aliphatic heterocycles. The van der Waals surface area contributed by atoms with Crippen molar-refractivity contribution in [3.8, 4) is 0 Å². The van der Waals surface area contributed by atoms with E-state index >= 15 is 0 Å². The van der Waals surface area contributed by atoms with Gasteiger partial charge in [0.05, 0.1) is 0 Å². The molecule has 1 aromatic heterocycles. The highest BCUT2D eigenvalue weighted by molar-refractivity contribution is 5.55. The molecule has 0 aliphatic carbocycles. The van der Waals surface area contributed by atoms with Crippen molar-refractivity contribution in [3.05, 3.63) is 29.2 Å². The summed E-state index contributed by atoms with van der Waals surface area (Å²) in [6.45, 7) is 1.97. The number of aliphatic hydroxyl groups is 1. The summed E-state index contributed by atoms with van der Waals surface area (Å²) in [5.74, 6) is 0. The number of nitrogens with one attached hydrogen (secondary N) is 2. The zero-order valence-corrected chi connectivity index (χ0v) is 6.26. The van der Waals surface area contributed by atoms with Gasteiger partial charge in [0.1, 0.15) is 0 Å². The molecule has 58 valence electrons. The van der Waals surface area contributed by atoms with Gasteiger partial charge in [-0.25, -0.2) is 0 Å². The Hall–Kier alpha value is -1.22. The Labute approximate surface area is 64.7 Å². The van der Waals surface area contributed by atoms with Crippen molar-refractivity contribution in [2.24, 2.45) is 0 Å². The second-order valence-corrected chi connectivity index (χ2v) is 2.70. The van der Waals surface area contributed by atoms with Gasteiger partial charge in [-0.05, 0) is 18.6 Å². The fraction of sp³-hybridized carbons (Fsp3) is 0.250. The Morgan fingerprint density at radius 2 is 2.36 bits per heavy atom. The van der Waals surface area contributed by atoms with Gasteiger partial charge in [0.2, 0.25) is 0 Å². The second-order valence-electron chi connectivity index (χ2n) is 2.70. The normalized spacial score (nSPS) is 21.1. The molecule has 0 radical (unpaired) electrons. The van der Waals surface area contributed by atoms with Crippen molar-refractivity contribution < 1.29 is 5.11 Å². The molecule has 0 saturated carbocycles. The minimum Gasteiger partial charge on any atom is -0.369 e. The van der Waals surface area contributed by atoms with Crippen LogP contribution in [0.4, 0.5) is 0 Å². The van der Waals surface area contributed by atoms with Gasteiger partial charge in [-0.1, -0.05) is 0 Å². The number of aromatic amines is 1. The van der Waals surface area contributed by atoms with Crippen LogP contribution in [-0.2, 0) is 0 Å². The Morgan fingerprint density at radius 3 is 3.09 bits per heavy atom. The third kappa shape index (κ3) is 0.851. The first-order valence-electron chi connectivity index (χ1n) is 3.57. The number of hydrogen-bond acceptors (Lipinski definition) is 2. The molecule has 1 unspecified atom stereocenters. The molecule has 0 spiro atoms. The van der Waals surface area contributed by atoms with E-state index in [0.717, 1.165) is 16.8 Å². The average molecular weight is 150 g/mol. The van der Waals surface area contributed by atoms with Gasteiger partial charge >= 0.3 is 0 Å². The quantitative estimate of drug-likeness (QED) is 0.514. The predicted octanol–water partition coefficient (Wildman–Crippen LogP) is 0.888. The maximum atomic E-state index is 9.45. The van der Waals surface area contributed by atoms with Crippen molar-refractivity contribution in [1.29, 1.82) is 0 Å². The van der Waals surface area contributed by atoms with E-state index in [2.05, 4.69) is 10.3 Å². The summed E-state index contributed by atoms with van der Waals surface area (Å²) in [6, 6.07) is 0. The van der Waals surface area contributed by atoms with E-state index in [9.17, 15) is 5.11 Å². The maximum absolute atomic E-state index is 9.45. The van der Waals surface area contributed by atoms with Crippen LogP contribution in [0.2, 0.25) is 0 Å². The van der Waals surface area contributed by atoms with E-state index < -0.39 is 6.23 Å². The summed E-state index contributed by atoms with van der Waals surface area (Å²) >= 11 is 0. The summed E-state index contributed by atoms with van der Waals surface area (Å²) < 4.78 is 0. The number of fused-ring (bicyclic) bond motifs is 1. The molecule has 1 aliphatic rings. The summed E-state index contributed by atoms with van der Waals surface area (Å²) in [6.07, 6.45) is 4.99. The van der Waals surface area contributed by atoms with Crippen LogP contribution >= 0.6 is 0 Å². The van der Waals surface area contributed by atoms with Crippen LogP contribution in [-0.4, -0.2) is 10.1 Å². The Bertz CT molecular complexity index is 301. The summed E-state index contributed by atoms with van der Waals surface area (Å²) in [7, 11) is 0. The van der Waals surface area contributed by atoms with Crippen LogP contribution in [0.1, 0.15) is 23.0 Å². The van der Waals surface area contributed by atoms with Gasteiger partial charge < -0.3 is 15.4 Å². The summed E-state index contributed by atoms with van der Waals surface area (Å²) in [5.41, 5.74) is 3.03. The van der Waals surface area contributed by atoms with Crippen molar-refractivity contribution in [1.82, 2.24) is 10.3 Å². The van der Waals surface area contributed by atoms with Crippen molar-refractivity contribution in [2.75, 3.05) is 0 Å². The zero-order valence-electron chi connectivity index (χ0n) is 6.26. The van der Waals surface area contributed by atoms with Gasteiger partial charge in [0.15, 0.2) is 6.23 Å². The molecule has 3 nitrogen and oxygen atoms in total. The van der Waals surface area contributed by atoms with Crippen molar-refractivity contribution >= 4 is 6.08 Å². The first-order valence-corrected chi connectivity index (χ1v) is 3.57. The molecular weight excluding hydrogens is 140 g/mol. The van der Waals surface area contributed by atoms with E-state index in [-0.39, 0.29) is 0 Å². The molecule has 1 atom stereocenters. The Morgan fingerprint density at radius 1 is 1.55 bits per heavy atom. The van der Waals surface area contributed by atoms with Gasteiger partial charge in [0.25, 0.3) is 0 Å². The monoisotopic (exact) mass is 150 g/mol. The fourth-order valence-electron chi connectivity index (χ4n) is 1.36. The average Bonchev–Trinajstić information content (AvgIpc) is 2.34. The molecule has 0 fully saturated rings. The van der Waals surface area contributed by atoms with E-state index in [1.165, 1.54) is 0 Å². The third-order valence-electron chi connectivity index (χ3n) is 1.94. The topological polar surface area (TPSA) is 48.0 Å². The predicted molar refractivity (Wildman–Crippen MR) is 42.7 cm³/mol. The maximum Gasteiger partial charge on any atom is 0.152 e. The Balaban J connectivity index is 2.58. The molecule has 1 aromatic rings. The van der Waals surface area contributed by atoms with Crippen LogP contribution in [0, 0.1) is 6.92 Å². The lowest BCUT2D eigenvalue weighted by Crippen LogP contribution is -2.18. The van der Waals surface area contributed by atoms with E-state index in [0.29, 0.717) is 0 Å². The highest BCUT2D eigenvalue weighted by atomic mass is 16.3. The third-order valence-corrected chi connectivity index (χ3v) is 1.94. The van der Waals surface area contributed by atoms with E-state index in [1.54, 1.807) is 6.20 Å². The Kier molecular flexibility index (Phi) is 1.26.